The summed E-state index contributed by atoms with van der Waals surface area (Å²) in [6.07, 6.45) is 9.72. The lowest BCUT2D eigenvalue weighted by molar-refractivity contribution is 0.185. The number of rotatable bonds is 3. The van der Waals surface area contributed by atoms with E-state index in [1.54, 1.807) is 0 Å². The van der Waals surface area contributed by atoms with E-state index in [1.807, 2.05) is 0 Å². The average Bonchev–Trinajstić information content (AvgIpc) is 2.53. The largest absolute Gasteiger partial charge is 0.311 e. The smallest absolute Gasteiger partial charge is 0.00823 e. The van der Waals surface area contributed by atoms with Crippen molar-refractivity contribution in [3.8, 4) is 0 Å². The van der Waals surface area contributed by atoms with Gasteiger partial charge in [-0.05, 0) is 63.6 Å². The third kappa shape index (κ3) is 4.24. The lowest BCUT2D eigenvalue weighted by atomic mass is 9.75. The molecule has 0 bridgehead atoms. The molecule has 2 aliphatic rings. The molecule has 1 aliphatic heterocycles. The first-order valence-electron chi connectivity index (χ1n) is 8.07. The van der Waals surface area contributed by atoms with Crippen LogP contribution in [0.2, 0.25) is 0 Å². The van der Waals surface area contributed by atoms with Crippen LogP contribution in [0.25, 0.3) is 0 Å². The minimum absolute atomic E-state index is 0.566. The lowest BCUT2D eigenvalue weighted by Crippen LogP contribution is -2.43. The van der Waals surface area contributed by atoms with Crippen LogP contribution >= 0.6 is 0 Å². The third-order valence-corrected chi connectivity index (χ3v) is 4.94. The summed E-state index contributed by atoms with van der Waals surface area (Å²) in [6, 6.07) is 1.56. The van der Waals surface area contributed by atoms with Gasteiger partial charge in [-0.2, -0.15) is 0 Å². The van der Waals surface area contributed by atoms with Crippen LogP contribution in [-0.4, -0.2) is 36.6 Å². The molecule has 1 aliphatic carbocycles. The maximum atomic E-state index is 3.97. The second-order valence-electron chi connectivity index (χ2n) is 7.19. The van der Waals surface area contributed by atoms with Crippen LogP contribution in [0.3, 0.4) is 0 Å². The summed E-state index contributed by atoms with van der Waals surface area (Å²) in [5.74, 6) is 0. The molecule has 0 aromatic heterocycles. The second-order valence-corrected chi connectivity index (χ2v) is 7.19. The highest BCUT2D eigenvalue weighted by atomic mass is 15.1. The van der Waals surface area contributed by atoms with E-state index in [-0.39, 0.29) is 0 Å². The molecule has 2 atom stereocenters. The van der Waals surface area contributed by atoms with Gasteiger partial charge in [0.2, 0.25) is 0 Å². The van der Waals surface area contributed by atoms with Crippen LogP contribution in [0.1, 0.15) is 65.7 Å². The molecular weight excluding hydrogens is 220 g/mol. The molecule has 1 N–H and O–H groups in total. The summed E-state index contributed by atoms with van der Waals surface area (Å²) < 4.78 is 0. The Morgan fingerprint density at radius 2 is 1.83 bits per heavy atom. The normalized spacial score (nSPS) is 34.2. The van der Waals surface area contributed by atoms with E-state index in [1.165, 1.54) is 64.6 Å². The van der Waals surface area contributed by atoms with Gasteiger partial charge in [0.1, 0.15) is 0 Å². The van der Waals surface area contributed by atoms with Crippen molar-refractivity contribution < 1.29 is 0 Å². The molecule has 18 heavy (non-hydrogen) atoms. The predicted molar refractivity (Wildman–Crippen MR) is 78.9 cm³/mol. The first-order chi connectivity index (χ1) is 8.59. The van der Waals surface area contributed by atoms with E-state index in [2.05, 4.69) is 31.0 Å². The zero-order valence-corrected chi connectivity index (χ0v) is 12.7. The minimum Gasteiger partial charge on any atom is -0.311 e. The Morgan fingerprint density at radius 3 is 2.56 bits per heavy atom. The van der Waals surface area contributed by atoms with Crippen LogP contribution in [0.15, 0.2) is 0 Å². The highest BCUT2D eigenvalue weighted by Crippen LogP contribution is 2.35. The number of nitrogens with one attached hydrogen (secondary N) is 1. The van der Waals surface area contributed by atoms with Crippen molar-refractivity contribution in [1.82, 2.24) is 10.2 Å². The Kier molecular flexibility index (Phi) is 5.08. The molecule has 2 nitrogen and oxygen atoms in total. The molecule has 2 fully saturated rings. The standard InChI is InChI=1S/C16H32N2/c1-4-18-11-6-8-14(9-12-18)17-15-7-5-10-16(2,3)13-15/h14-15,17H,4-13H2,1-3H3. The first kappa shape index (κ1) is 14.3. The molecule has 0 spiro atoms. The van der Waals surface area contributed by atoms with E-state index in [0.717, 1.165) is 12.1 Å². The molecular formula is C16H32N2. The maximum Gasteiger partial charge on any atom is 0.00823 e. The van der Waals surface area contributed by atoms with Gasteiger partial charge in [-0.25, -0.2) is 0 Å². The Hall–Kier alpha value is -0.0800. The number of hydrogen-bond donors (Lipinski definition) is 1. The van der Waals surface area contributed by atoms with Crippen molar-refractivity contribution in [1.29, 1.82) is 0 Å². The molecule has 1 saturated carbocycles. The predicted octanol–water partition coefficient (Wildman–Crippen LogP) is 3.42. The average molecular weight is 252 g/mol. The molecule has 2 rings (SSSR count). The molecule has 2 heteroatoms. The van der Waals surface area contributed by atoms with Gasteiger partial charge in [0.05, 0.1) is 0 Å². The fourth-order valence-electron chi connectivity index (χ4n) is 3.81. The van der Waals surface area contributed by atoms with Crippen LogP contribution in [0, 0.1) is 5.41 Å². The van der Waals surface area contributed by atoms with E-state index >= 15 is 0 Å². The zero-order valence-electron chi connectivity index (χ0n) is 12.7. The van der Waals surface area contributed by atoms with Crippen molar-refractivity contribution in [2.24, 2.45) is 5.41 Å². The molecule has 2 unspecified atom stereocenters. The third-order valence-electron chi connectivity index (χ3n) is 4.94. The minimum atomic E-state index is 0.566. The van der Waals surface area contributed by atoms with Gasteiger partial charge >= 0.3 is 0 Å². The fraction of sp³-hybridized carbons (Fsp3) is 1.00. The topological polar surface area (TPSA) is 15.3 Å². The second kappa shape index (κ2) is 6.38. The van der Waals surface area contributed by atoms with Crippen LogP contribution in [0.5, 0.6) is 0 Å². The number of nitrogens with zero attached hydrogens (tertiary/aromatic N) is 1. The summed E-state index contributed by atoms with van der Waals surface area (Å²) in [5.41, 5.74) is 0.566. The summed E-state index contributed by atoms with van der Waals surface area (Å²) in [6.45, 7) is 11.0. The highest BCUT2D eigenvalue weighted by molar-refractivity contribution is 4.86. The van der Waals surface area contributed by atoms with Gasteiger partial charge < -0.3 is 10.2 Å². The van der Waals surface area contributed by atoms with Gasteiger partial charge in [-0.15, -0.1) is 0 Å². The molecule has 1 saturated heterocycles. The van der Waals surface area contributed by atoms with E-state index in [9.17, 15) is 0 Å². The molecule has 0 radical (unpaired) electrons. The molecule has 0 aromatic rings. The van der Waals surface area contributed by atoms with Crippen LogP contribution in [-0.2, 0) is 0 Å². The van der Waals surface area contributed by atoms with Gasteiger partial charge in [0.25, 0.3) is 0 Å². The van der Waals surface area contributed by atoms with E-state index in [4.69, 9.17) is 0 Å². The quantitative estimate of drug-likeness (QED) is 0.828. The zero-order chi connectivity index (χ0) is 13.0. The van der Waals surface area contributed by atoms with Crippen molar-refractivity contribution in [3.05, 3.63) is 0 Å². The Labute approximate surface area is 114 Å². The summed E-state index contributed by atoms with van der Waals surface area (Å²) in [4.78, 5) is 2.60. The van der Waals surface area contributed by atoms with Gasteiger partial charge in [-0.1, -0.05) is 27.2 Å². The first-order valence-corrected chi connectivity index (χ1v) is 8.07. The SMILES string of the molecule is CCN1CCCC(NC2CCCC(C)(C)C2)CC1. The van der Waals surface area contributed by atoms with Gasteiger partial charge in [-0.3, -0.25) is 0 Å². The lowest BCUT2D eigenvalue weighted by Gasteiger charge is -2.37. The fourth-order valence-corrected chi connectivity index (χ4v) is 3.81. The van der Waals surface area contributed by atoms with Crippen LogP contribution < -0.4 is 5.32 Å². The molecule has 0 aromatic carbocycles. The summed E-state index contributed by atoms with van der Waals surface area (Å²) in [5, 5.41) is 3.97. The van der Waals surface area contributed by atoms with Crippen molar-refractivity contribution in [3.63, 3.8) is 0 Å². The van der Waals surface area contributed by atoms with Crippen molar-refractivity contribution >= 4 is 0 Å². The summed E-state index contributed by atoms with van der Waals surface area (Å²) >= 11 is 0. The molecule has 1 heterocycles. The van der Waals surface area contributed by atoms with Crippen molar-refractivity contribution in [2.75, 3.05) is 19.6 Å². The summed E-state index contributed by atoms with van der Waals surface area (Å²) in [7, 11) is 0. The van der Waals surface area contributed by atoms with E-state index in [0.29, 0.717) is 5.41 Å². The van der Waals surface area contributed by atoms with Crippen molar-refractivity contribution in [2.45, 2.75) is 77.8 Å². The molecule has 0 amide bonds. The maximum absolute atomic E-state index is 3.97. The Morgan fingerprint density at radius 1 is 1.06 bits per heavy atom. The molecule has 106 valence electrons. The van der Waals surface area contributed by atoms with Crippen LogP contribution in [0.4, 0.5) is 0 Å². The number of likely N-dealkylation sites (tertiary alicyclic amines) is 1. The number of hydrogen-bond acceptors (Lipinski definition) is 2. The monoisotopic (exact) mass is 252 g/mol. The highest BCUT2D eigenvalue weighted by Gasteiger charge is 2.29. The van der Waals surface area contributed by atoms with E-state index < -0.39 is 0 Å². The van der Waals surface area contributed by atoms with Gasteiger partial charge in [0, 0.05) is 12.1 Å². The Balaban J connectivity index is 1.78. The Bertz CT molecular complexity index is 249. The van der Waals surface area contributed by atoms with Gasteiger partial charge in [0.15, 0.2) is 0 Å².